The van der Waals surface area contributed by atoms with Crippen LogP contribution in [-0.4, -0.2) is 68.5 Å². The van der Waals surface area contributed by atoms with Gasteiger partial charge in [0, 0.05) is 13.0 Å². The molecule has 348 valence electrons. The molecule has 13 heteroatoms. The number of phosphoric acid groups is 1. The Kier molecular flexibility index (Phi) is 36.4. The van der Waals surface area contributed by atoms with Crippen molar-refractivity contribution in [1.82, 2.24) is 10.6 Å². The lowest BCUT2D eigenvalue weighted by Gasteiger charge is -2.22. The summed E-state index contributed by atoms with van der Waals surface area (Å²) < 4.78 is 39.0. The van der Waals surface area contributed by atoms with Gasteiger partial charge in [0.2, 0.25) is 5.91 Å². The number of methoxy groups -OCH3 is 1. The van der Waals surface area contributed by atoms with Crippen LogP contribution in [0.15, 0.2) is 30.3 Å². The molecule has 1 rings (SSSR count). The van der Waals surface area contributed by atoms with E-state index in [9.17, 15) is 23.8 Å². The first-order valence-electron chi connectivity index (χ1n) is 23.7. The molecule has 12 nitrogen and oxygen atoms in total. The number of alkyl carbamates (subject to hydrolysis) is 1. The number of amides is 2. The molecule has 3 atom stereocenters. The summed E-state index contributed by atoms with van der Waals surface area (Å²) in [6.45, 7) is 3.99. The average Bonchev–Trinajstić information content (AvgIpc) is 3.25. The molecule has 1 unspecified atom stereocenters. The van der Waals surface area contributed by atoms with Crippen LogP contribution in [0.1, 0.15) is 199 Å². The Morgan fingerprint density at radius 3 is 1.53 bits per heavy atom. The smallest absolute Gasteiger partial charge is 0.467 e. The van der Waals surface area contributed by atoms with Gasteiger partial charge in [-0.2, -0.15) is 0 Å². The van der Waals surface area contributed by atoms with Crippen LogP contribution in [0.4, 0.5) is 4.79 Å². The molecule has 0 saturated carbocycles. The number of nitrogens with one attached hydrogen (secondary N) is 2. The van der Waals surface area contributed by atoms with E-state index >= 15 is 0 Å². The molecule has 0 bridgehead atoms. The summed E-state index contributed by atoms with van der Waals surface area (Å²) in [6.07, 6.45) is 32.9. The van der Waals surface area contributed by atoms with Gasteiger partial charge in [-0.25, -0.2) is 14.2 Å². The van der Waals surface area contributed by atoms with Crippen LogP contribution in [-0.2, 0) is 44.0 Å². The fourth-order valence-electron chi connectivity index (χ4n) is 6.97. The molecule has 0 radical (unpaired) electrons. The Morgan fingerprint density at radius 1 is 0.600 bits per heavy atom. The molecule has 0 aromatic heterocycles. The van der Waals surface area contributed by atoms with Gasteiger partial charge in [0.25, 0.3) is 0 Å². The van der Waals surface area contributed by atoms with Gasteiger partial charge in [0.1, 0.15) is 6.61 Å². The SMILES string of the molecule is CCCCCCCCCCCCCCCCOC[C@H](COP(=O)(O)OC[C@H](NC(=O)OCc1ccccc1)C(=O)OC)NC(=O)CCCCCCCCCCCCCCC. The van der Waals surface area contributed by atoms with Crippen molar-refractivity contribution in [2.45, 2.75) is 212 Å². The Hall–Kier alpha value is -2.50. The molecule has 0 aliphatic rings. The Balaban J connectivity index is 2.49. The van der Waals surface area contributed by atoms with Crippen LogP contribution < -0.4 is 10.6 Å². The monoisotopic (exact) mass is 869 g/mol. The van der Waals surface area contributed by atoms with Crippen molar-refractivity contribution < 1.29 is 47.1 Å². The van der Waals surface area contributed by atoms with Crippen molar-refractivity contribution in [2.75, 3.05) is 33.5 Å². The quantitative estimate of drug-likeness (QED) is 0.0328. The highest BCUT2D eigenvalue weighted by atomic mass is 31.2. The second-order valence-electron chi connectivity index (χ2n) is 16.3. The van der Waals surface area contributed by atoms with Crippen molar-refractivity contribution in [1.29, 1.82) is 0 Å². The maximum absolute atomic E-state index is 12.9. The van der Waals surface area contributed by atoms with Crippen LogP contribution >= 0.6 is 7.82 Å². The van der Waals surface area contributed by atoms with Gasteiger partial charge >= 0.3 is 19.9 Å². The summed E-state index contributed by atoms with van der Waals surface area (Å²) in [5, 5.41) is 5.21. The topological polar surface area (TPSA) is 159 Å². The number of unbranched alkanes of at least 4 members (excludes halogenated alkanes) is 25. The molecule has 3 N–H and O–H groups in total. The maximum Gasteiger partial charge on any atom is 0.472 e. The second kappa shape index (κ2) is 39.4. The molecule has 0 fully saturated rings. The number of ether oxygens (including phenoxy) is 3. The van der Waals surface area contributed by atoms with Gasteiger partial charge in [-0.15, -0.1) is 0 Å². The lowest BCUT2D eigenvalue weighted by molar-refractivity contribution is -0.143. The highest BCUT2D eigenvalue weighted by molar-refractivity contribution is 7.47. The van der Waals surface area contributed by atoms with E-state index in [0.717, 1.165) is 51.2 Å². The van der Waals surface area contributed by atoms with Crippen LogP contribution in [0.3, 0.4) is 0 Å². The largest absolute Gasteiger partial charge is 0.472 e. The molecule has 0 aliphatic carbocycles. The third-order valence-electron chi connectivity index (χ3n) is 10.7. The zero-order valence-corrected chi connectivity index (χ0v) is 38.8. The number of hydrogen-bond donors (Lipinski definition) is 3. The summed E-state index contributed by atoms with van der Waals surface area (Å²) in [7, 11) is -3.62. The molecular formula is C47H85N2O10P. The number of hydrogen-bond acceptors (Lipinski definition) is 9. The predicted molar refractivity (Wildman–Crippen MR) is 241 cm³/mol. The first kappa shape index (κ1) is 55.5. The van der Waals surface area contributed by atoms with E-state index in [2.05, 4.69) is 24.5 Å². The highest BCUT2D eigenvalue weighted by Crippen LogP contribution is 2.43. The molecule has 0 spiro atoms. The van der Waals surface area contributed by atoms with Gasteiger partial charge in [-0.1, -0.05) is 205 Å². The maximum atomic E-state index is 12.9. The van der Waals surface area contributed by atoms with Crippen molar-refractivity contribution in [3.63, 3.8) is 0 Å². The van der Waals surface area contributed by atoms with E-state index in [-0.39, 0.29) is 25.7 Å². The van der Waals surface area contributed by atoms with E-state index in [4.69, 9.17) is 23.3 Å². The van der Waals surface area contributed by atoms with Gasteiger partial charge in [-0.3, -0.25) is 13.8 Å². The summed E-state index contributed by atoms with van der Waals surface area (Å²) in [4.78, 5) is 48.1. The lowest BCUT2D eigenvalue weighted by Crippen LogP contribution is -2.45. The summed E-state index contributed by atoms with van der Waals surface area (Å²) >= 11 is 0. The lowest BCUT2D eigenvalue weighted by atomic mass is 10.0. The zero-order chi connectivity index (χ0) is 43.8. The van der Waals surface area contributed by atoms with Crippen molar-refractivity contribution in [3.05, 3.63) is 35.9 Å². The summed E-state index contributed by atoms with van der Waals surface area (Å²) in [5.74, 6) is -1.08. The van der Waals surface area contributed by atoms with Crippen molar-refractivity contribution >= 4 is 25.8 Å². The van der Waals surface area contributed by atoms with E-state index in [1.54, 1.807) is 24.3 Å². The normalized spacial score (nSPS) is 13.3. The third kappa shape index (κ3) is 34.1. The third-order valence-corrected chi connectivity index (χ3v) is 11.6. The zero-order valence-electron chi connectivity index (χ0n) is 37.9. The fraction of sp³-hybridized carbons (Fsp3) is 0.809. The minimum Gasteiger partial charge on any atom is -0.467 e. The van der Waals surface area contributed by atoms with Gasteiger partial charge in [0.05, 0.1) is 33.0 Å². The molecule has 1 aromatic carbocycles. The van der Waals surface area contributed by atoms with Crippen LogP contribution in [0.25, 0.3) is 0 Å². The van der Waals surface area contributed by atoms with Gasteiger partial charge in [0.15, 0.2) is 6.04 Å². The number of benzene rings is 1. The van der Waals surface area contributed by atoms with E-state index in [1.165, 1.54) is 135 Å². The van der Waals surface area contributed by atoms with Crippen LogP contribution in [0, 0.1) is 0 Å². The van der Waals surface area contributed by atoms with Gasteiger partial charge < -0.3 is 29.7 Å². The first-order valence-corrected chi connectivity index (χ1v) is 25.2. The Labute approximate surface area is 364 Å². The number of carbonyl (C=O) groups excluding carboxylic acids is 3. The standard InChI is InChI=1S/C47H85N2O10P/c1-4-6-8-10-12-14-16-18-20-22-24-26-28-33-37-56-39-43(48-45(50)36-32-27-25-23-21-19-17-15-13-11-9-7-5-2)40-58-60(53,54)59-41-44(46(51)55-3)49-47(52)57-38-42-34-30-29-31-35-42/h29-31,34-35,43-44H,4-28,32-33,36-41H2,1-3H3,(H,48,50)(H,49,52)(H,53,54)/t43-,44+/m1/s1. The molecule has 2 amide bonds. The molecule has 60 heavy (non-hydrogen) atoms. The minimum absolute atomic E-state index is 0.0447. The highest BCUT2D eigenvalue weighted by Gasteiger charge is 2.30. The minimum atomic E-state index is -4.73. The Bertz CT molecular complexity index is 1220. The Morgan fingerprint density at radius 2 is 1.05 bits per heavy atom. The average molecular weight is 869 g/mol. The molecule has 0 aliphatic heterocycles. The number of esters is 1. The van der Waals surface area contributed by atoms with Crippen LogP contribution in [0.5, 0.6) is 0 Å². The summed E-state index contributed by atoms with van der Waals surface area (Å²) in [6, 6.07) is 6.83. The van der Waals surface area contributed by atoms with E-state index in [0.29, 0.717) is 13.0 Å². The number of phosphoric ester groups is 1. The summed E-state index contributed by atoms with van der Waals surface area (Å²) in [5.41, 5.74) is 0.737. The van der Waals surface area contributed by atoms with Crippen molar-refractivity contribution in [2.24, 2.45) is 0 Å². The van der Waals surface area contributed by atoms with E-state index in [1.807, 2.05) is 6.07 Å². The molecule has 0 heterocycles. The van der Waals surface area contributed by atoms with E-state index < -0.39 is 38.6 Å². The molecular weight excluding hydrogens is 783 g/mol. The number of rotatable bonds is 42. The second-order valence-corrected chi connectivity index (χ2v) is 17.7. The predicted octanol–water partition coefficient (Wildman–Crippen LogP) is 12.1. The van der Waals surface area contributed by atoms with Crippen LogP contribution in [0.2, 0.25) is 0 Å². The van der Waals surface area contributed by atoms with Gasteiger partial charge in [-0.05, 0) is 18.4 Å². The molecule has 1 aromatic rings. The van der Waals surface area contributed by atoms with Crippen molar-refractivity contribution in [3.8, 4) is 0 Å². The fourth-order valence-corrected chi connectivity index (χ4v) is 7.75. The number of carbonyl (C=O) groups is 3. The molecule has 0 saturated heterocycles. The first-order chi connectivity index (χ1) is 29.2.